The number of amides is 1. The first kappa shape index (κ1) is 26.6. The van der Waals surface area contributed by atoms with E-state index in [-0.39, 0.29) is 18.5 Å². The Hall–Kier alpha value is -4.00. The summed E-state index contributed by atoms with van der Waals surface area (Å²) in [6, 6.07) is 17.5. The third-order valence-electron chi connectivity index (χ3n) is 6.39. The van der Waals surface area contributed by atoms with Crippen LogP contribution in [0.15, 0.2) is 60.7 Å². The number of ether oxygens (including phenoxy) is 1. The topological polar surface area (TPSA) is 141 Å². The predicted molar refractivity (Wildman–Crippen MR) is 150 cm³/mol. The van der Waals surface area contributed by atoms with E-state index >= 15 is 0 Å². The Balaban J connectivity index is 1.35. The Labute approximate surface area is 232 Å². The molecule has 1 amide bonds. The lowest BCUT2D eigenvalue weighted by molar-refractivity contribution is -0.133. The van der Waals surface area contributed by atoms with Crippen molar-refractivity contribution in [2.75, 3.05) is 54.8 Å². The number of pyridine rings is 1. The number of nitrogen functional groups attached to an aromatic ring is 1. The summed E-state index contributed by atoms with van der Waals surface area (Å²) >= 11 is 3.45. The Morgan fingerprint density at radius 2 is 1.77 bits per heavy atom. The summed E-state index contributed by atoms with van der Waals surface area (Å²) in [6.45, 7) is 1.89. The highest BCUT2D eigenvalue weighted by atomic mass is 35.5. The summed E-state index contributed by atoms with van der Waals surface area (Å²) in [6.07, 6.45) is 0. The van der Waals surface area contributed by atoms with Crippen LogP contribution >= 0.6 is 11.6 Å². The van der Waals surface area contributed by atoms with E-state index in [1.54, 1.807) is 59.5 Å². The van der Waals surface area contributed by atoms with Gasteiger partial charge in [0.25, 0.3) is 5.91 Å². The largest absolute Gasteiger partial charge is 0.755 e. The molecule has 0 radical (unpaired) electrons. The summed E-state index contributed by atoms with van der Waals surface area (Å²) in [5, 5.41) is 0.597. The van der Waals surface area contributed by atoms with Crippen LogP contribution in [0.3, 0.4) is 0 Å². The van der Waals surface area contributed by atoms with Crippen LogP contribution in [0.1, 0.15) is 0 Å². The zero-order valence-electron chi connectivity index (χ0n) is 21.0. The van der Waals surface area contributed by atoms with Gasteiger partial charge in [-0.25, -0.2) is 9.97 Å². The van der Waals surface area contributed by atoms with Crippen LogP contribution in [0.4, 0.5) is 17.5 Å². The monoisotopic (exact) mass is 566 g/mol. The van der Waals surface area contributed by atoms with Crippen molar-refractivity contribution >= 4 is 57.3 Å². The highest BCUT2D eigenvalue weighted by Crippen LogP contribution is 2.32. The quantitative estimate of drug-likeness (QED) is 0.334. The van der Waals surface area contributed by atoms with Gasteiger partial charge in [0.1, 0.15) is 11.3 Å². The molecule has 1 aliphatic rings. The van der Waals surface area contributed by atoms with Crippen LogP contribution in [0.5, 0.6) is 5.75 Å². The number of anilines is 3. The maximum absolute atomic E-state index is 12.7. The molecule has 1 fully saturated rings. The van der Waals surface area contributed by atoms with Gasteiger partial charge in [-0.05, 0) is 42.5 Å². The number of halogens is 1. The molecule has 2 N–H and O–H groups in total. The van der Waals surface area contributed by atoms with Crippen molar-refractivity contribution in [1.29, 1.82) is 0 Å². The molecule has 2 aromatic heterocycles. The number of carbonyl (C=O) groups is 1. The van der Waals surface area contributed by atoms with Crippen LogP contribution in [0.2, 0.25) is 5.02 Å². The van der Waals surface area contributed by atoms with Crippen molar-refractivity contribution in [3.63, 3.8) is 0 Å². The average Bonchev–Trinajstić information content (AvgIpc) is 2.95. The molecule has 0 bridgehead atoms. The van der Waals surface area contributed by atoms with Crippen LogP contribution in [-0.2, 0) is 16.1 Å². The number of carbonyl (C=O) groups excluding carboxylic acids is 1. The van der Waals surface area contributed by atoms with Gasteiger partial charge in [0.05, 0.1) is 16.9 Å². The van der Waals surface area contributed by atoms with Gasteiger partial charge < -0.3 is 29.1 Å². The van der Waals surface area contributed by atoms with E-state index in [4.69, 9.17) is 27.1 Å². The lowest BCUT2D eigenvalue weighted by atomic mass is 10.1. The van der Waals surface area contributed by atoms with Crippen LogP contribution < -0.4 is 19.7 Å². The molecule has 1 unspecified atom stereocenters. The van der Waals surface area contributed by atoms with Gasteiger partial charge in [0.2, 0.25) is 5.95 Å². The Morgan fingerprint density at radius 3 is 2.49 bits per heavy atom. The maximum Gasteiger partial charge on any atom is 0.260 e. The lowest BCUT2D eigenvalue weighted by Gasteiger charge is -2.35. The molecule has 3 heterocycles. The summed E-state index contributed by atoms with van der Waals surface area (Å²) in [7, 11) is 1.47. The van der Waals surface area contributed by atoms with E-state index < -0.39 is 11.3 Å². The number of nitrogens with two attached hydrogens (primary N) is 1. The second-order valence-corrected chi connectivity index (χ2v) is 10.2. The van der Waals surface area contributed by atoms with Crippen molar-refractivity contribution in [3.05, 3.63) is 65.7 Å². The first-order valence-electron chi connectivity index (χ1n) is 12.1. The first-order chi connectivity index (χ1) is 18.8. The van der Waals surface area contributed by atoms with Crippen molar-refractivity contribution < 1.29 is 18.3 Å². The van der Waals surface area contributed by atoms with E-state index in [2.05, 4.69) is 9.97 Å². The standard InChI is InChI=1S/C26H26ClN7O4S/c1-32(39(36)37)22-5-3-2-4-19(22)20-10-11-21-24(29-20)25(31-26(28)30-21)34-14-12-33(13-15-34)23(35)16-38-18-8-6-17(27)7-9-18/h2-11H,12-16H2,1H3,(H,36,37)(H2,28,30,31)/p-1. The fourth-order valence-electron chi connectivity index (χ4n) is 4.37. The number of nitrogens with zero attached hydrogens (tertiary/aromatic N) is 6. The predicted octanol–water partition coefficient (Wildman–Crippen LogP) is 2.89. The number of benzene rings is 2. The molecule has 1 aliphatic heterocycles. The minimum absolute atomic E-state index is 0.0715. The highest BCUT2D eigenvalue weighted by Gasteiger charge is 2.25. The smallest absolute Gasteiger partial charge is 0.260 e. The van der Waals surface area contributed by atoms with Gasteiger partial charge in [-0.15, -0.1) is 0 Å². The molecule has 0 spiro atoms. The van der Waals surface area contributed by atoms with E-state index in [0.717, 1.165) is 4.31 Å². The maximum atomic E-state index is 12.7. The van der Waals surface area contributed by atoms with Gasteiger partial charge in [0.15, 0.2) is 12.4 Å². The first-order valence-corrected chi connectivity index (χ1v) is 13.5. The third kappa shape index (κ3) is 5.87. The average molecular weight is 567 g/mol. The lowest BCUT2D eigenvalue weighted by Crippen LogP contribution is -2.50. The summed E-state index contributed by atoms with van der Waals surface area (Å²) in [5.74, 6) is 1.13. The molecule has 202 valence electrons. The highest BCUT2D eigenvalue weighted by molar-refractivity contribution is 7.80. The van der Waals surface area contributed by atoms with Gasteiger partial charge in [-0.2, -0.15) is 4.98 Å². The molecule has 11 nitrogen and oxygen atoms in total. The second kappa shape index (κ2) is 11.4. The van der Waals surface area contributed by atoms with Crippen LogP contribution in [0, 0.1) is 0 Å². The Kier molecular flexibility index (Phi) is 7.77. The van der Waals surface area contributed by atoms with Crippen molar-refractivity contribution in [2.45, 2.75) is 0 Å². The number of hydrogen-bond donors (Lipinski definition) is 1. The van der Waals surface area contributed by atoms with Crippen molar-refractivity contribution in [2.24, 2.45) is 0 Å². The Bertz CT molecular complexity index is 1530. The van der Waals surface area contributed by atoms with Gasteiger partial charge in [-0.3, -0.25) is 9.00 Å². The van der Waals surface area contributed by atoms with Crippen LogP contribution in [0.25, 0.3) is 22.3 Å². The number of fused-ring (bicyclic) bond motifs is 1. The normalized spacial score (nSPS) is 14.3. The molecule has 5 rings (SSSR count). The SMILES string of the molecule is CN(c1ccccc1-c1ccc2nc(N)nc(N3CCN(C(=O)COc4ccc(Cl)cc4)CC3)c2n1)S(=O)[O-]. The molecule has 2 aromatic carbocycles. The number of hydrogen-bond acceptors (Lipinski definition) is 9. The Morgan fingerprint density at radius 1 is 1.05 bits per heavy atom. The number of aromatic nitrogens is 3. The fourth-order valence-corrected chi connectivity index (χ4v) is 4.81. The molecule has 4 aromatic rings. The summed E-state index contributed by atoms with van der Waals surface area (Å²) in [5.41, 5.74) is 8.82. The molecular formula is C26H25ClN7O4S-. The zero-order valence-corrected chi connectivity index (χ0v) is 22.6. The van der Waals surface area contributed by atoms with Gasteiger partial charge in [0, 0.05) is 55.1 Å². The fraction of sp³-hybridized carbons (Fsp3) is 0.231. The van der Waals surface area contributed by atoms with E-state index in [1.165, 1.54) is 7.05 Å². The molecule has 13 heteroatoms. The zero-order chi connectivity index (χ0) is 27.5. The molecule has 0 aliphatic carbocycles. The van der Waals surface area contributed by atoms with Crippen molar-refractivity contribution in [1.82, 2.24) is 19.9 Å². The van der Waals surface area contributed by atoms with E-state index in [1.807, 2.05) is 11.0 Å². The minimum Gasteiger partial charge on any atom is -0.755 e. The van der Waals surface area contributed by atoms with E-state index in [9.17, 15) is 13.6 Å². The van der Waals surface area contributed by atoms with E-state index in [0.29, 0.717) is 70.7 Å². The molecule has 1 atom stereocenters. The number of para-hydroxylation sites is 1. The number of piperazine rings is 1. The summed E-state index contributed by atoms with van der Waals surface area (Å²) < 4.78 is 30.0. The summed E-state index contributed by atoms with van der Waals surface area (Å²) in [4.78, 5) is 30.1. The molecule has 0 saturated carbocycles. The molecule has 39 heavy (non-hydrogen) atoms. The molecular weight excluding hydrogens is 542 g/mol. The third-order valence-corrected chi connectivity index (χ3v) is 7.29. The van der Waals surface area contributed by atoms with Crippen LogP contribution in [-0.4, -0.2) is 74.4 Å². The second-order valence-electron chi connectivity index (χ2n) is 8.81. The van der Waals surface area contributed by atoms with Crippen molar-refractivity contribution in [3.8, 4) is 17.0 Å². The molecule has 1 saturated heterocycles. The van der Waals surface area contributed by atoms with Gasteiger partial charge in [-0.1, -0.05) is 29.8 Å². The minimum atomic E-state index is -2.45. The number of rotatable bonds is 7. The van der Waals surface area contributed by atoms with Gasteiger partial charge >= 0.3 is 0 Å².